The molecule has 2 rings (SSSR count). The lowest BCUT2D eigenvalue weighted by molar-refractivity contribution is 0.449. The van der Waals surface area contributed by atoms with E-state index < -0.39 is 0 Å². The van der Waals surface area contributed by atoms with Crippen LogP contribution in [0.2, 0.25) is 0 Å². The van der Waals surface area contributed by atoms with Crippen molar-refractivity contribution in [2.75, 3.05) is 18.5 Å². The summed E-state index contributed by atoms with van der Waals surface area (Å²) in [6.45, 7) is 3.26. The van der Waals surface area contributed by atoms with Crippen molar-refractivity contribution >= 4 is 5.69 Å². The van der Waals surface area contributed by atoms with E-state index in [1.807, 2.05) is 0 Å². The van der Waals surface area contributed by atoms with Gasteiger partial charge in [0.25, 0.3) is 0 Å². The number of anilines is 1. The molecule has 0 aliphatic heterocycles. The molecule has 2 unspecified atom stereocenters. The molecule has 1 aromatic carbocycles. The fourth-order valence-corrected chi connectivity index (χ4v) is 2.78. The SMILES string of the molecule is Cc1cccc(N(C)CCC2CCCC2N)c1. The highest BCUT2D eigenvalue weighted by Gasteiger charge is 2.23. The molecule has 1 aliphatic rings. The number of rotatable bonds is 4. The summed E-state index contributed by atoms with van der Waals surface area (Å²) >= 11 is 0. The molecule has 1 aromatic rings. The molecule has 0 spiro atoms. The smallest absolute Gasteiger partial charge is 0.0366 e. The van der Waals surface area contributed by atoms with Crippen LogP contribution < -0.4 is 10.6 Å². The summed E-state index contributed by atoms with van der Waals surface area (Å²) in [5.41, 5.74) is 8.75. The molecule has 94 valence electrons. The summed E-state index contributed by atoms with van der Waals surface area (Å²) in [6.07, 6.45) is 5.09. The van der Waals surface area contributed by atoms with Crippen LogP contribution in [0.3, 0.4) is 0 Å². The van der Waals surface area contributed by atoms with Crippen molar-refractivity contribution in [1.29, 1.82) is 0 Å². The maximum Gasteiger partial charge on any atom is 0.0366 e. The number of aryl methyl sites for hydroxylation is 1. The highest BCUT2D eigenvalue weighted by atomic mass is 15.1. The number of hydrogen-bond acceptors (Lipinski definition) is 2. The predicted octanol–water partition coefficient (Wildman–Crippen LogP) is 2.95. The Hall–Kier alpha value is -1.02. The Kier molecular flexibility index (Phi) is 4.06. The Balaban J connectivity index is 1.86. The molecule has 0 bridgehead atoms. The molecule has 17 heavy (non-hydrogen) atoms. The van der Waals surface area contributed by atoms with Gasteiger partial charge in [0.15, 0.2) is 0 Å². The molecule has 0 radical (unpaired) electrons. The topological polar surface area (TPSA) is 29.3 Å². The van der Waals surface area contributed by atoms with E-state index in [0.29, 0.717) is 6.04 Å². The van der Waals surface area contributed by atoms with Crippen LogP contribution in [-0.4, -0.2) is 19.6 Å². The minimum absolute atomic E-state index is 0.445. The standard InChI is InChI=1S/C15H24N2/c1-12-5-3-7-14(11-12)17(2)10-9-13-6-4-8-15(13)16/h3,5,7,11,13,15H,4,6,8-10,16H2,1-2H3. The van der Waals surface area contributed by atoms with Crippen LogP contribution in [0.5, 0.6) is 0 Å². The second-order valence-electron chi connectivity index (χ2n) is 5.40. The maximum atomic E-state index is 6.11. The van der Waals surface area contributed by atoms with Crippen LogP contribution >= 0.6 is 0 Å². The molecule has 0 aromatic heterocycles. The van der Waals surface area contributed by atoms with Crippen molar-refractivity contribution in [2.24, 2.45) is 11.7 Å². The van der Waals surface area contributed by atoms with E-state index in [-0.39, 0.29) is 0 Å². The largest absolute Gasteiger partial charge is 0.375 e. The highest BCUT2D eigenvalue weighted by Crippen LogP contribution is 2.27. The van der Waals surface area contributed by atoms with Gasteiger partial charge < -0.3 is 10.6 Å². The van der Waals surface area contributed by atoms with Crippen molar-refractivity contribution in [3.05, 3.63) is 29.8 Å². The third kappa shape index (κ3) is 3.22. The first kappa shape index (κ1) is 12.4. The zero-order valence-electron chi connectivity index (χ0n) is 11.0. The third-order valence-electron chi connectivity index (χ3n) is 4.00. The van der Waals surface area contributed by atoms with Gasteiger partial charge in [-0.25, -0.2) is 0 Å². The van der Waals surface area contributed by atoms with Crippen LogP contribution in [0, 0.1) is 12.8 Å². The number of nitrogens with two attached hydrogens (primary N) is 1. The summed E-state index contributed by atoms with van der Waals surface area (Å²) in [7, 11) is 2.18. The van der Waals surface area contributed by atoms with Gasteiger partial charge in [0, 0.05) is 25.3 Å². The van der Waals surface area contributed by atoms with Crippen molar-refractivity contribution in [3.63, 3.8) is 0 Å². The molecular formula is C15H24N2. The number of nitrogens with zero attached hydrogens (tertiary/aromatic N) is 1. The van der Waals surface area contributed by atoms with E-state index >= 15 is 0 Å². The molecule has 2 nitrogen and oxygen atoms in total. The summed E-state index contributed by atoms with van der Waals surface area (Å²) in [4.78, 5) is 2.35. The lowest BCUT2D eigenvalue weighted by Gasteiger charge is -2.23. The second-order valence-corrected chi connectivity index (χ2v) is 5.40. The molecule has 1 fully saturated rings. The zero-order valence-corrected chi connectivity index (χ0v) is 11.0. The molecule has 0 saturated heterocycles. The van der Waals surface area contributed by atoms with E-state index in [0.717, 1.165) is 12.5 Å². The van der Waals surface area contributed by atoms with Gasteiger partial charge in [-0.05, 0) is 49.8 Å². The van der Waals surface area contributed by atoms with Gasteiger partial charge in [-0.15, -0.1) is 0 Å². The van der Waals surface area contributed by atoms with Crippen LogP contribution in [0.4, 0.5) is 5.69 Å². The maximum absolute atomic E-state index is 6.11. The highest BCUT2D eigenvalue weighted by molar-refractivity contribution is 5.47. The zero-order chi connectivity index (χ0) is 12.3. The fraction of sp³-hybridized carbons (Fsp3) is 0.600. The van der Waals surface area contributed by atoms with E-state index in [1.54, 1.807) is 0 Å². The van der Waals surface area contributed by atoms with Gasteiger partial charge in [0.05, 0.1) is 0 Å². The monoisotopic (exact) mass is 232 g/mol. The van der Waals surface area contributed by atoms with E-state index in [4.69, 9.17) is 5.73 Å². The molecule has 2 heteroatoms. The van der Waals surface area contributed by atoms with Crippen molar-refractivity contribution in [3.8, 4) is 0 Å². The average molecular weight is 232 g/mol. The van der Waals surface area contributed by atoms with Gasteiger partial charge in [0.2, 0.25) is 0 Å². The summed E-state index contributed by atoms with van der Waals surface area (Å²) < 4.78 is 0. The molecular weight excluding hydrogens is 208 g/mol. The predicted molar refractivity (Wildman–Crippen MR) is 74.4 cm³/mol. The van der Waals surface area contributed by atoms with Gasteiger partial charge in [-0.3, -0.25) is 0 Å². The molecule has 1 saturated carbocycles. The quantitative estimate of drug-likeness (QED) is 0.865. The van der Waals surface area contributed by atoms with Crippen LogP contribution in [0.25, 0.3) is 0 Å². The Bertz CT molecular complexity index is 362. The Labute approximate surface area is 105 Å². The van der Waals surface area contributed by atoms with Gasteiger partial charge in [0.1, 0.15) is 0 Å². The van der Waals surface area contributed by atoms with Crippen molar-refractivity contribution in [1.82, 2.24) is 0 Å². The summed E-state index contributed by atoms with van der Waals surface area (Å²) in [5.74, 6) is 0.738. The lowest BCUT2D eigenvalue weighted by Crippen LogP contribution is -2.28. The van der Waals surface area contributed by atoms with E-state index in [2.05, 4.69) is 43.1 Å². The normalized spacial score (nSPS) is 23.9. The summed E-state index contributed by atoms with van der Waals surface area (Å²) in [6, 6.07) is 9.14. The van der Waals surface area contributed by atoms with Crippen LogP contribution in [0.15, 0.2) is 24.3 Å². The second kappa shape index (κ2) is 5.54. The minimum atomic E-state index is 0.445. The lowest BCUT2D eigenvalue weighted by atomic mass is 10.00. The van der Waals surface area contributed by atoms with Crippen LogP contribution in [-0.2, 0) is 0 Å². The first-order valence-corrected chi connectivity index (χ1v) is 6.70. The van der Waals surface area contributed by atoms with Gasteiger partial charge in [-0.2, -0.15) is 0 Å². The van der Waals surface area contributed by atoms with E-state index in [9.17, 15) is 0 Å². The Morgan fingerprint density at radius 2 is 2.18 bits per heavy atom. The first-order chi connectivity index (χ1) is 8.16. The fourth-order valence-electron chi connectivity index (χ4n) is 2.78. The third-order valence-corrected chi connectivity index (χ3v) is 4.00. The Morgan fingerprint density at radius 3 is 2.82 bits per heavy atom. The number of hydrogen-bond donors (Lipinski definition) is 1. The molecule has 0 heterocycles. The number of benzene rings is 1. The molecule has 1 aliphatic carbocycles. The molecule has 2 N–H and O–H groups in total. The molecule has 0 amide bonds. The van der Waals surface area contributed by atoms with Gasteiger partial charge in [-0.1, -0.05) is 18.6 Å². The minimum Gasteiger partial charge on any atom is -0.375 e. The molecule has 2 atom stereocenters. The summed E-state index contributed by atoms with van der Waals surface area (Å²) in [5, 5.41) is 0. The van der Waals surface area contributed by atoms with Gasteiger partial charge >= 0.3 is 0 Å². The first-order valence-electron chi connectivity index (χ1n) is 6.70. The average Bonchev–Trinajstić information content (AvgIpc) is 2.72. The Morgan fingerprint density at radius 1 is 1.35 bits per heavy atom. The van der Waals surface area contributed by atoms with Crippen molar-refractivity contribution < 1.29 is 0 Å². The van der Waals surface area contributed by atoms with Crippen molar-refractivity contribution in [2.45, 2.75) is 38.6 Å². The van der Waals surface area contributed by atoms with E-state index in [1.165, 1.54) is 36.9 Å². The van der Waals surface area contributed by atoms with Crippen LogP contribution in [0.1, 0.15) is 31.2 Å².